The van der Waals surface area contributed by atoms with E-state index >= 15 is 0 Å². The minimum absolute atomic E-state index is 0.0643. The maximum Gasteiger partial charge on any atom is 0.237 e. The summed E-state index contributed by atoms with van der Waals surface area (Å²) in [4.78, 5) is 12.5. The van der Waals surface area contributed by atoms with Crippen LogP contribution in [0.5, 0.6) is 0 Å². The van der Waals surface area contributed by atoms with Gasteiger partial charge in [-0.15, -0.1) is 10.2 Å². The summed E-state index contributed by atoms with van der Waals surface area (Å²) in [5, 5.41) is 11.9. The molecule has 1 N–H and O–H groups in total. The van der Waals surface area contributed by atoms with Crippen molar-refractivity contribution in [3.63, 3.8) is 0 Å². The molecule has 1 aromatic carbocycles. The highest BCUT2D eigenvalue weighted by molar-refractivity contribution is 8.00. The van der Waals surface area contributed by atoms with Gasteiger partial charge in [-0.3, -0.25) is 4.79 Å². The van der Waals surface area contributed by atoms with Crippen LogP contribution in [-0.2, 0) is 11.3 Å². The number of hydrogen-bond donors (Lipinski definition) is 1. The van der Waals surface area contributed by atoms with Crippen LogP contribution in [0, 0.1) is 13.8 Å². The lowest BCUT2D eigenvalue weighted by molar-refractivity contribution is -0.115. The molecule has 3 aromatic rings. The lowest BCUT2D eigenvalue weighted by Gasteiger charge is -2.13. The summed E-state index contributed by atoms with van der Waals surface area (Å²) >= 11 is 1.40. The second-order valence-electron chi connectivity index (χ2n) is 6.06. The third kappa shape index (κ3) is 3.83. The summed E-state index contributed by atoms with van der Waals surface area (Å²) in [7, 11) is 0. The van der Waals surface area contributed by atoms with Crippen LogP contribution >= 0.6 is 11.8 Å². The number of carbonyl (C=O) groups is 1. The molecule has 26 heavy (non-hydrogen) atoms. The van der Waals surface area contributed by atoms with E-state index in [1.807, 2.05) is 62.6 Å². The van der Waals surface area contributed by atoms with Crippen molar-refractivity contribution in [2.45, 2.75) is 44.6 Å². The Bertz CT molecular complexity index is 899. The zero-order chi connectivity index (χ0) is 18.7. The first kappa shape index (κ1) is 18.3. The first-order valence-electron chi connectivity index (χ1n) is 8.51. The molecule has 136 valence electrons. The van der Waals surface area contributed by atoms with Crippen LogP contribution in [0.3, 0.4) is 0 Å². The van der Waals surface area contributed by atoms with Crippen molar-refractivity contribution in [2.24, 2.45) is 0 Å². The molecule has 0 unspecified atom stereocenters. The second-order valence-corrected chi connectivity index (χ2v) is 7.36. The number of amides is 1. The zero-order valence-corrected chi connectivity index (χ0v) is 16.1. The minimum Gasteiger partial charge on any atom is -0.469 e. The number of furan rings is 1. The summed E-state index contributed by atoms with van der Waals surface area (Å²) in [5.41, 5.74) is 2.87. The summed E-state index contributed by atoms with van der Waals surface area (Å²) in [6.45, 7) is 8.52. The fourth-order valence-electron chi connectivity index (χ4n) is 2.57. The molecule has 0 aliphatic carbocycles. The average Bonchev–Trinajstić information content (AvgIpc) is 3.22. The van der Waals surface area contributed by atoms with Gasteiger partial charge in [0.25, 0.3) is 0 Å². The summed E-state index contributed by atoms with van der Waals surface area (Å²) in [5.74, 6) is 1.49. The smallest absolute Gasteiger partial charge is 0.237 e. The Kier molecular flexibility index (Phi) is 5.46. The van der Waals surface area contributed by atoms with Gasteiger partial charge in [-0.25, -0.2) is 0 Å². The van der Waals surface area contributed by atoms with Crippen LogP contribution in [0.4, 0.5) is 5.69 Å². The maximum atomic E-state index is 12.5. The quantitative estimate of drug-likeness (QED) is 0.655. The Morgan fingerprint density at radius 1 is 1.23 bits per heavy atom. The first-order chi connectivity index (χ1) is 12.5. The van der Waals surface area contributed by atoms with Crippen molar-refractivity contribution >= 4 is 23.4 Å². The van der Waals surface area contributed by atoms with Crippen LogP contribution in [0.1, 0.15) is 25.2 Å². The standard InChI is InChI=1S/C19H22N4O2S/c1-5-23-17(16-10-11-25-13(16)3)21-22-19(23)26-14(4)18(24)20-15-8-6-12(2)7-9-15/h6-11,14H,5H2,1-4H3,(H,20,24)/t14-/m0/s1. The van der Waals surface area contributed by atoms with E-state index in [0.717, 1.165) is 33.6 Å². The SMILES string of the molecule is CCn1c(S[C@@H](C)C(=O)Nc2ccc(C)cc2)nnc1-c1ccoc1C. The minimum atomic E-state index is -0.302. The summed E-state index contributed by atoms with van der Waals surface area (Å²) < 4.78 is 7.37. The van der Waals surface area contributed by atoms with E-state index in [4.69, 9.17) is 4.42 Å². The van der Waals surface area contributed by atoms with Gasteiger partial charge in [0.1, 0.15) is 5.76 Å². The number of aromatic nitrogens is 3. The molecule has 6 nitrogen and oxygen atoms in total. The monoisotopic (exact) mass is 370 g/mol. The van der Waals surface area contributed by atoms with E-state index in [-0.39, 0.29) is 11.2 Å². The number of rotatable bonds is 6. The molecule has 1 atom stereocenters. The lowest BCUT2D eigenvalue weighted by atomic mass is 10.2. The number of nitrogens with zero attached hydrogens (tertiary/aromatic N) is 3. The van der Waals surface area contributed by atoms with Gasteiger partial charge in [-0.2, -0.15) is 0 Å². The Balaban J connectivity index is 1.74. The molecule has 0 saturated carbocycles. The van der Waals surface area contributed by atoms with Gasteiger partial charge in [0.2, 0.25) is 5.91 Å². The molecular formula is C19H22N4O2S. The van der Waals surface area contributed by atoms with Gasteiger partial charge in [-0.05, 0) is 45.9 Å². The molecule has 3 rings (SSSR count). The summed E-state index contributed by atoms with van der Waals surface area (Å²) in [6, 6.07) is 9.63. The molecule has 0 bridgehead atoms. The molecule has 0 saturated heterocycles. The molecule has 0 aliphatic heterocycles. The van der Waals surface area contributed by atoms with Crippen molar-refractivity contribution in [1.82, 2.24) is 14.8 Å². The molecule has 0 aliphatic rings. The van der Waals surface area contributed by atoms with Crippen molar-refractivity contribution < 1.29 is 9.21 Å². The van der Waals surface area contributed by atoms with E-state index in [1.54, 1.807) is 6.26 Å². The fourth-order valence-corrected chi connectivity index (χ4v) is 3.48. The number of benzene rings is 1. The normalized spacial score (nSPS) is 12.2. The van der Waals surface area contributed by atoms with Crippen molar-refractivity contribution in [3.8, 4) is 11.4 Å². The average molecular weight is 370 g/mol. The van der Waals surface area contributed by atoms with Crippen LogP contribution in [0.15, 0.2) is 46.2 Å². The number of nitrogens with one attached hydrogen (secondary N) is 1. The topological polar surface area (TPSA) is 73.0 Å². The van der Waals surface area contributed by atoms with Gasteiger partial charge in [-0.1, -0.05) is 29.5 Å². The molecule has 0 fully saturated rings. The Labute approximate surface area is 157 Å². The van der Waals surface area contributed by atoms with E-state index in [2.05, 4.69) is 15.5 Å². The highest BCUT2D eigenvalue weighted by Gasteiger charge is 2.21. The summed E-state index contributed by atoms with van der Waals surface area (Å²) in [6.07, 6.45) is 1.64. The highest BCUT2D eigenvalue weighted by atomic mass is 32.2. The van der Waals surface area contributed by atoms with E-state index in [1.165, 1.54) is 11.8 Å². The first-order valence-corrected chi connectivity index (χ1v) is 9.39. The van der Waals surface area contributed by atoms with E-state index < -0.39 is 0 Å². The van der Waals surface area contributed by atoms with Crippen molar-refractivity contribution in [1.29, 1.82) is 0 Å². The maximum absolute atomic E-state index is 12.5. The van der Waals surface area contributed by atoms with E-state index in [0.29, 0.717) is 6.54 Å². The third-order valence-electron chi connectivity index (χ3n) is 4.10. The van der Waals surface area contributed by atoms with Crippen LogP contribution in [-0.4, -0.2) is 25.9 Å². The second kappa shape index (κ2) is 7.78. The van der Waals surface area contributed by atoms with Gasteiger partial charge < -0.3 is 14.3 Å². The number of thioether (sulfide) groups is 1. The highest BCUT2D eigenvalue weighted by Crippen LogP contribution is 2.29. The van der Waals surface area contributed by atoms with Gasteiger partial charge in [0.15, 0.2) is 11.0 Å². The van der Waals surface area contributed by atoms with Crippen LogP contribution in [0.25, 0.3) is 11.4 Å². The molecule has 1 amide bonds. The van der Waals surface area contributed by atoms with Gasteiger partial charge in [0, 0.05) is 12.2 Å². The fraction of sp³-hybridized carbons (Fsp3) is 0.316. The molecule has 0 radical (unpaired) electrons. The largest absolute Gasteiger partial charge is 0.469 e. The van der Waals surface area contributed by atoms with E-state index in [9.17, 15) is 4.79 Å². The third-order valence-corrected chi connectivity index (χ3v) is 5.18. The molecular weight excluding hydrogens is 348 g/mol. The van der Waals surface area contributed by atoms with Crippen LogP contribution in [0.2, 0.25) is 0 Å². The Hall–Kier alpha value is -2.54. The molecule has 7 heteroatoms. The number of carbonyl (C=O) groups excluding carboxylic acids is 1. The molecule has 2 heterocycles. The van der Waals surface area contributed by atoms with Crippen molar-refractivity contribution in [2.75, 3.05) is 5.32 Å². The zero-order valence-electron chi connectivity index (χ0n) is 15.3. The van der Waals surface area contributed by atoms with Gasteiger partial charge in [0.05, 0.1) is 17.1 Å². The molecule has 0 spiro atoms. The predicted octanol–water partition coefficient (Wildman–Crippen LogP) is 4.29. The van der Waals surface area contributed by atoms with Crippen molar-refractivity contribution in [3.05, 3.63) is 47.9 Å². The lowest BCUT2D eigenvalue weighted by Crippen LogP contribution is -2.22. The molecule has 2 aromatic heterocycles. The number of hydrogen-bond acceptors (Lipinski definition) is 5. The van der Waals surface area contributed by atoms with Crippen LogP contribution < -0.4 is 5.32 Å². The number of aryl methyl sites for hydroxylation is 2. The number of anilines is 1. The predicted molar refractivity (Wildman–Crippen MR) is 103 cm³/mol. The Morgan fingerprint density at radius 2 is 1.96 bits per heavy atom. The Morgan fingerprint density at radius 3 is 2.58 bits per heavy atom. The van der Waals surface area contributed by atoms with Gasteiger partial charge >= 0.3 is 0 Å².